The molecule has 2 amide bonds. The number of halogens is 1. The van der Waals surface area contributed by atoms with Crippen LogP contribution in [-0.2, 0) is 9.59 Å². The number of nitrogens with one attached hydrogen (secondary N) is 1. The van der Waals surface area contributed by atoms with Crippen molar-refractivity contribution in [3.8, 4) is 12.3 Å². The molecule has 0 radical (unpaired) electrons. The molecule has 0 aliphatic carbocycles. The number of hydrazone groups is 1. The van der Waals surface area contributed by atoms with E-state index in [1.807, 2.05) is 0 Å². The van der Waals surface area contributed by atoms with Crippen LogP contribution in [-0.4, -0.2) is 23.6 Å². The third-order valence-corrected chi connectivity index (χ3v) is 3.88. The Labute approximate surface area is 149 Å². The first-order chi connectivity index (χ1) is 12.5. The highest BCUT2D eigenvalue weighted by Gasteiger charge is 2.35. The molecule has 0 unspecified atom stereocenters. The molecule has 1 atom stereocenters. The molecule has 0 saturated carbocycles. The number of amides is 2. The van der Waals surface area contributed by atoms with Crippen LogP contribution in [0.4, 0.5) is 15.8 Å². The number of nitrogens with two attached hydrogens (primary N) is 1. The van der Waals surface area contributed by atoms with Gasteiger partial charge < -0.3 is 11.1 Å². The first-order valence-corrected chi connectivity index (χ1v) is 7.77. The van der Waals surface area contributed by atoms with Crippen molar-refractivity contribution in [1.29, 1.82) is 0 Å². The molecular weight excluding hydrogens is 335 g/mol. The van der Waals surface area contributed by atoms with E-state index in [1.165, 1.54) is 29.3 Å². The molecule has 0 saturated heterocycles. The zero-order valence-electron chi connectivity index (χ0n) is 13.6. The lowest BCUT2D eigenvalue weighted by atomic mass is 10.1. The van der Waals surface area contributed by atoms with E-state index in [0.29, 0.717) is 16.9 Å². The van der Waals surface area contributed by atoms with Crippen molar-refractivity contribution in [1.82, 2.24) is 0 Å². The van der Waals surface area contributed by atoms with Gasteiger partial charge in [-0.15, -0.1) is 6.42 Å². The maximum Gasteiger partial charge on any atom is 0.271 e. The maximum absolute atomic E-state index is 13.1. The molecule has 3 N–H and O–H groups in total. The van der Waals surface area contributed by atoms with Gasteiger partial charge in [-0.25, -0.2) is 4.39 Å². The lowest BCUT2D eigenvalue weighted by molar-refractivity contribution is -0.119. The van der Waals surface area contributed by atoms with Gasteiger partial charge in [0.05, 0.1) is 5.69 Å². The molecule has 0 fully saturated rings. The average molecular weight is 350 g/mol. The number of hydrogen-bond acceptors (Lipinski definition) is 4. The minimum Gasteiger partial charge on any atom is -0.368 e. The highest BCUT2D eigenvalue weighted by atomic mass is 19.1. The van der Waals surface area contributed by atoms with Crippen molar-refractivity contribution < 1.29 is 14.0 Å². The number of benzene rings is 2. The van der Waals surface area contributed by atoms with Gasteiger partial charge in [-0.05, 0) is 42.5 Å². The molecule has 130 valence electrons. The fourth-order valence-electron chi connectivity index (χ4n) is 2.59. The summed E-state index contributed by atoms with van der Waals surface area (Å²) in [5.74, 6) is 0.974. The van der Waals surface area contributed by atoms with E-state index in [4.69, 9.17) is 12.2 Å². The lowest BCUT2D eigenvalue weighted by Gasteiger charge is -2.20. The van der Waals surface area contributed by atoms with Crippen molar-refractivity contribution in [2.24, 2.45) is 10.8 Å². The number of carbonyl (C=O) groups is 2. The molecule has 7 heteroatoms. The Bertz CT molecular complexity index is 931. The normalized spacial score (nSPS) is 15.9. The Morgan fingerprint density at radius 1 is 1.27 bits per heavy atom. The third kappa shape index (κ3) is 3.54. The molecule has 2 aromatic rings. The average Bonchev–Trinajstić information content (AvgIpc) is 3.08. The molecule has 0 aromatic heterocycles. The quantitative estimate of drug-likeness (QED) is 0.825. The molecule has 0 bridgehead atoms. The summed E-state index contributed by atoms with van der Waals surface area (Å²) in [7, 11) is 0. The van der Waals surface area contributed by atoms with E-state index >= 15 is 0 Å². The summed E-state index contributed by atoms with van der Waals surface area (Å²) in [6, 6.07) is 11.4. The van der Waals surface area contributed by atoms with Gasteiger partial charge in [0.1, 0.15) is 17.6 Å². The van der Waals surface area contributed by atoms with Crippen molar-refractivity contribution >= 4 is 28.9 Å². The van der Waals surface area contributed by atoms with Gasteiger partial charge in [0.15, 0.2) is 0 Å². The molecule has 6 nitrogen and oxygen atoms in total. The van der Waals surface area contributed by atoms with Gasteiger partial charge in [0.2, 0.25) is 5.91 Å². The molecular formula is C19H15FN4O2. The van der Waals surface area contributed by atoms with Gasteiger partial charge >= 0.3 is 0 Å². The van der Waals surface area contributed by atoms with Crippen LogP contribution in [0.5, 0.6) is 0 Å². The first-order valence-electron chi connectivity index (χ1n) is 7.77. The van der Waals surface area contributed by atoms with Gasteiger partial charge in [-0.2, -0.15) is 5.10 Å². The van der Waals surface area contributed by atoms with Gasteiger partial charge in [0, 0.05) is 17.7 Å². The Kier molecular flexibility index (Phi) is 4.67. The Balaban J connectivity index is 1.83. The maximum atomic E-state index is 13.1. The van der Waals surface area contributed by atoms with Crippen molar-refractivity contribution in [3.63, 3.8) is 0 Å². The topological polar surface area (TPSA) is 87.8 Å². The standard InChI is InChI=1S/C19H15FN4O2/c1-2-12-4-3-5-14(10-12)22-19(26)16-11-17(18(21)25)24(23-16)15-8-6-13(20)7-9-15/h1,3-10,17H,11H2,(H2,21,25)(H,22,26)/t17-/m0/s1. The van der Waals surface area contributed by atoms with Crippen LogP contribution >= 0.6 is 0 Å². The SMILES string of the molecule is C#Cc1cccc(NC(=O)C2=NN(c3ccc(F)cc3)[C@H](C(N)=O)C2)c1. The van der Waals surface area contributed by atoms with E-state index in [-0.39, 0.29) is 12.1 Å². The number of nitrogens with zero attached hydrogens (tertiary/aromatic N) is 2. The van der Waals surface area contributed by atoms with Gasteiger partial charge in [0.25, 0.3) is 5.91 Å². The second-order valence-corrected chi connectivity index (χ2v) is 5.67. The summed E-state index contributed by atoms with van der Waals surface area (Å²) in [6.45, 7) is 0. The molecule has 0 spiro atoms. The van der Waals surface area contributed by atoms with Crippen molar-refractivity contribution in [2.45, 2.75) is 12.5 Å². The second-order valence-electron chi connectivity index (χ2n) is 5.67. The summed E-state index contributed by atoms with van der Waals surface area (Å²) in [6.07, 6.45) is 5.39. The van der Waals surface area contributed by atoms with Crippen molar-refractivity contribution in [2.75, 3.05) is 10.3 Å². The Morgan fingerprint density at radius 2 is 2.00 bits per heavy atom. The Hall–Kier alpha value is -3.66. The number of hydrogen-bond donors (Lipinski definition) is 2. The van der Waals surface area contributed by atoms with E-state index < -0.39 is 23.7 Å². The fourth-order valence-corrected chi connectivity index (χ4v) is 2.59. The summed E-state index contributed by atoms with van der Waals surface area (Å²) >= 11 is 0. The molecule has 26 heavy (non-hydrogen) atoms. The predicted octanol–water partition coefficient (Wildman–Crippen LogP) is 1.87. The number of anilines is 2. The van der Waals surface area contributed by atoms with Gasteiger partial charge in [-0.1, -0.05) is 12.0 Å². The third-order valence-electron chi connectivity index (χ3n) is 3.88. The molecule has 1 aliphatic heterocycles. The molecule has 3 rings (SSSR count). The number of rotatable bonds is 4. The van der Waals surface area contributed by atoms with Crippen LogP contribution in [0.2, 0.25) is 0 Å². The minimum atomic E-state index is -0.821. The smallest absolute Gasteiger partial charge is 0.271 e. The fraction of sp³-hybridized carbons (Fsp3) is 0.105. The minimum absolute atomic E-state index is 0.0490. The van der Waals surface area contributed by atoms with E-state index in [9.17, 15) is 14.0 Å². The van der Waals surface area contributed by atoms with Crippen LogP contribution in [0.1, 0.15) is 12.0 Å². The predicted molar refractivity (Wildman–Crippen MR) is 96.9 cm³/mol. The monoisotopic (exact) mass is 350 g/mol. The summed E-state index contributed by atoms with van der Waals surface area (Å²) in [4.78, 5) is 24.2. The van der Waals surface area contributed by atoms with Crippen LogP contribution < -0.4 is 16.1 Å². The Morgan fingerprint density at radius 3 is 2.65 bits per heavy atom. The zero-order chi connectivity index (χ0) is 18.7. The molecule has 2 aromatic carbocycles. The van der Waals surface area contributed by atoms with Crippen LogP contribution in [0, 0.1) is 18.2 Å². The summed E-state index contributed by atoms with van der Waals surface area (Å²) in [5.41, 5.74) is 7.18. The van der Waals surface area contributed by atoms with E-state index in [0.717, 1.165) is 0 Å². The highest BCUT2D eigenvalue weighted by Crippen LogP contribution is 2.25. The molecule has 1 heterocycles. The van der Waals surface area contributed by atoms with Crippen LogP contribution in [0.25, 0.3) is 0 Å². The molecule has 1 aliphatic rings. The summed E-state index contributed by atoms with van der Waals surface area (Å²) < 4.78 is 13.1. The van der Waals surface area contributed by atoms with E-state index in [1.54, 1.807) is 24.3 Å². The number of terminal acetylenes is 1. The lowest BCUT2D eigenvalue weighted by Crippen LogP contribution is -2.39. The van der Waals surface area contributed by atoms with Gasteiger partial charge in [-0.3, -0.25) is 14.6 Å². The van der Waals surface area contributed by atoms with E-state index in [2.05, 4.69) is 16.3 Å². The number of primary amides is 1. The summed E-state index contributed by atoms with van der Waals surface area (Å²) in [5, 5.41) is 8.23. The number of carbonyl (C=O) groups excluding carboxylic acids is 2. The van der Waals surface area contributed by atoms with Crippen LogP contribution in [0.15, 0.2) is 53.6 Å². The first kappa shape index (κ1) is 17.2. The van der Waals surface area contributed by atoms with Crippen LogP contribution in [0.3, 0.4) is 0 Å². The second kappa shape index (κ2) is 7.07. The van der Waals surface area contributed by atoms with Crippen molar-refractivity contribution in [3.05, 3.63) is 59.9 Å². The largest absolute Gasteiger partial charge is 0.368 e. The zero-order valence-corrected chi connectivity index (χ0v) is 13.6. The highest BCUT2D eigenvalue weighted by molar-refractivity contribution is 6.44.